The normalized spacial score (nSPS) is 32.1. The van der Waals surface area contributed by atoms with E-state index >= 15 is 0 Å². The van der Waals surface area contributed by atoms with Gasteiger partial charge in [-0.15, -0.1) is 0 Å². The topological polar surface area (TPSA) is 30.5 Å². The van der Waals surface area contributed by atoms with Crippen LogP contribution in [0, 0.1) is 11.8 Å². The monoisotopic (exact) mass is 239 g/mol. The first-order chi connectivity index (χ1) is 8.39. The Labute approximate surface area is 104 Å². The Hall–Kier alpha value is -0.120. The van der Waals surface area contributed by atoms with Gasteiger partial charge in [0.1, 0.15) is 0 Å². The SMILES string of the molecule is C1CCC(COCCC2CCOC23CNC3)C1. The highest BCUT2D eigenvalue weighted by molar-refractivity contribution is 5.02. The molecule has 0 aromatic rings. The van der Waals surface area contributed by atoms with Crippen molar-refractivity contribution in [2.24, 2.45) is 11.8 Å². The standard InChI is InChI=1S/C14H25NO2/c1-2-4-12(3-1)9-16-7-5-13-6-8-17-14(13)10-15-11-14/h12-13,15H,1-11H2. The van der Waals surface area contributed by atoms with Gasteiger partial charge in [0.15, 0.2) is 0 Å². The Bertz CT molecular complexity index is 247. The second kappa shape index (κ2) is 5.25. The van der Waals surface area contributed by atoms with Crippen LogP contribution in [-0.2, 0) is 9.47 Å². The van der Waals surface area contributed by atoms with Crippen molar-refractivity contribution in [1.29, 1.82) is 0 Å². The van der Waals surface area contributed by atoms with Crippen molar-refractivity contribution in [2.45, 2.75) is 44.1 Å². The fourth-order valence-corrected chi connectivity index (χ4v) is 3.61. The fourth-order valence-electron chi connectivity index (χ4n) is 3.61. The van der Waals surface area contributed by atoms with Gasteiger partial charge in [0.2, 0.25) is 0 Å². The van der Waals surface area contributed by atoms with E-state index in [0.29, 0.717) is 0 Å². The number of ether oxygens (including phenoxy) is 2. The Kier molecular flexibility index (Phi) is 3.69. The van der Waals surface area contributed by atoms with Crippen molar-refractivity contribution >= 4 is 0 Å². The van der Waals surface area contributed by atoms with Crippen LogP contribution in [0.1, 0.15) is 38.5 Å². The molecule has 0 aromatic carbocycles. The van der Waals surface area contributed by atoms with Gasteiger partial charge in [0, 0.05) is 32.9 Å². The van der Waals surface area contributed by atoms with E-state index in [1.807, 2.05) is 0 Å². The molecule has 2 aliphatic heterocycles. The predicted octanol–water partition coefficient (Wildman–Crippen LogP) is 1.96. The van der Waals surface area contributed by atoms with Crippen LogP contribution in [0.4, 0.5) is 0 Å². The average Bonchev–Trinajstić information content (AvgIpc) is 2.92. The van der Waals surface area contributed by atoms with Crippen molar-refractivity contribution in [3.8, 4) is 0 Å². The van der Waals surface area contributed by atoms with Crippen molar-refractivity contribution in [1.82, 2.24) is 5.32 Å². The van der Waals surface area contributed by atoms with Crippen LogP contribution < -0.4 is 5.32 Å². The van der Waals surface area contributed by atoms with Gasteiger partial charge in [0.05, 0.1) is 5.60 Å². The lowest BCUT2D eigenvalue weighted by molar-refractivity contribution is -0.0676. The molecule has 3 rings (SSSR count). The molecule has 1 spiro atoms. The summed E-state index contributed by atoms with van der Waals surface area (Å²) in [5.74, 6) is 1.58. The van der Waals surface area contributed by atoms with Gasteiger partial charge in [0.25, 0.3) is 0 Å². The molecule has 1 aliphatic carbocycles. The van der Waals surface area contributed by atoms with Crippen molar-refractivity contribution in [3.05, 3.63) is 0 Å². The van der Waals surface area contributed by atoms with E-state index in [0.717, 1.165) is 44.7 Å². The lowest BCUT2D eigenvalue weighted by Crippen LogP contribution is -2.62. The van der Waals surface area contributed by atoms with Crippen molar-refractivity contribution in [3.63, 3.8) is 0 Å². The molecule has 3 heteroatoms. The van der Waals surface area contributed by atoms with E-state index in [9.17, 15) is 0 Å². The molecule has 2 heterocycles. The minimum Gasteiger partial charge on any atom is -0.381 e. The molecule has 1 unspecified atom stereocenters. The van der Waals surface area contributed by atoms with E-state index in [1.165, 1.54) is 38.5 Å². The van der Waals surface area contributed by atoms with Crippen LogP contribution in [0.3, 0.4) is 0 Å². The molecular formula is C14H25NO2. The van der Waals surface area contributed by atoms with E-state index in [-0.39, 0.29) is 5.60 Å². The lowest BCUT2D eigenvalue weighted by atomic mass is 9.81. The molecule has 98 valence electrons. The van der Waals surface area contributed by atoms with E-state index in [4.69, 9.17) is 9.47 Å². The first-order valence-electron chi connectivity index (χ1n) is 7.31. The Morgan fingerprint density at radius 3 is 2.71 bits per heavy atom. The molecule has 0 bridgehead atoms. The number of hydrogen-bond donors (Lipinski definition) is 1. The smallest absolute Gasteiger partial charge is 0.0959 e. The third-order valence-corrected chi connectivity index (χ3v) is 4.89. The van der Waals surface area contributed by atoms with Gasteiger partial charge in [-0.05, 0) is 37.5 Å². The summed E-state index contributed by atoms with van der Waals surface area (Å²) >= 11 is 0. The van der Waals surface area contributed by atoms with Crippen LogP contribution >= 0.6 is 0 Å². The molecule has 17 heavy (non-hydrogen) atoms. The zero-order valence-corrected chi connectivity index (χ0v) is 10.7. The van der Waals surface area contributed by atoms with Crippen LogP contribution in [0.25, 0.3) is 0 Å². The van der Waals surface area contributed by atoms with E-state index in [1.54, 1.807) is 0 Å². The second-order valence-electron chi connectivity index (χ2n) is 6.02. The highest BCUT2D eigenvalue weighted by atomic mass is 16.5. The minimum absolute atomic E-state index is 0.191. The second-order valence-corrected chi connectivity index (χ2v) is 6.02. The van der Waals surface area contributed by atoms with Crippen molar-refractivity contribution < 1.29 is 9.47 Å². The summed E-state index contributed by atoms with van der Waals surface area (Å²) in [6.07, 6.45) is 8.03. The zero-order chi connectivity index (χ0) is 11.6. The van der Waals surface area contributed by atoms with Crippen LogP contribution in [0.2, 0.25) is 0 Å². The Morgan fingerprint density at radius 2 is 2.00 bits per heavy atom. The molecule has 1 saturated carbocycles. The maximum absolute atomic E-state index is 5.90. The fraction of sp³-hybridized carbons (Fsp3) is 1.00. The maximum atomic E-state index is 5.90. The largest absolute Gasteiger partial charge is 0.381 e. The molecule has 3 nitrogen and oxygen atoms in total. The summed E-state index contributed by atoms with van der Waals surface area (Å²) in [6, 6.07) is 0. The highest BCUT2D eigenvalue weighted by Gasteiger charge is 2.48. The highest BCUT2D eigenvalue weighted by Crippen LogP contribution is 2.37. The van der Waals surface area contributed by atoms with Gasteiger partial charge in [-0.2, -0.15) is 0 Å². The van der Waals surface area contributed by atoms with E-state index < -0.39 is 0 Å². The first-order valence-corrected chi connectivity index (χ1v) is 7.31. The summed E-state index contributed by atoms with van der Waals surface area (Å²) in [6.45, 7) is 5.00. The van der Waals surface area contributed by atoms with Crippen molar-refractivity contribution in [2.75, 3.05) is 32.9 Å². The summed E-state index contributed by atoms with van der Waals surface area (Å²) in [7, 11) is 0. The lowest BCUT2D eigenvalue weighted by Gasteiger charge is -2.43. The number of nitrogens with one attached hydrogen (secondary N) is 1. The van der Waals surface area contributed by atoms with Crippen LogP contribution in [0.15, 0.2) is 0 Å². The Balaban J connectivity index is 1.33. The molecule has 0 aromatic heterocycles. The molecular weight excluding hydrogens is 214 g/mol. The molecule has 0 amide bonds. The third kappa shape index (κ3) is 2.51. The predicted molar refractivity (Wildman–Crippen MR) is 67.1 cm³/mol. The molecule has 0 radical (unpaired) electrons. The average molecular weight is 239 g/mol. The molecule has 1 atom stereocenters. The summed E-state index contributed by atoms with van der Waals surface area (Å²) < 4.78 is 11.8. The molecule has 3 aliphatic rings. The van der Waals surface area contributed by atoms with Gasteiger partial charge in [-0.3, -0.25) is 0 Å². The molecule has 1 N–H and O–H groups in total. The first kappa shape index (κ1) is 11.9. The number of rotatable bonds is 5. The maximum Gasteiger partial charge on any atom is 0.0959 e. The molecule has 2 saturated heterocycles. The minimum atomic E-state index is 0.191. The number of hydrogen-bond acceptors (Lipinski definition) is 3. The summed E-state index contributed by atoms with van der Waals surface area (Å²) in [5.41, 5.74) is 0.191. The third-order valence-electron chi connectivity index (χ3n) is 4.89. The zero-order valence-electron chi connectivity index (χ0n) is 10.7. The van der Waals surface area contributed by atoms with Gasteiger partial charge >= 0.3 is 0 Å². The Morgan fingerprint density at radius 1 is 1.18 bits per heavy atom. The van der Waals surface area contributed by atoms with Gasteiger partial charge < -0.3 is 14.8 Å². The van der Waals surface area contributed by atoms with Gasteiger partial charge in [-0.25, -0.2) is 0 Å². The summed E-state index contributed by atoms with van der Waals surface area (Å²) in [5, 5.41) is 3.34. The summed E-state index contributed by atoms with van der Waals surface area (Å²) in [4.78, 5) is 0. The van der Waals surface area contributed by atoms with E-state index in [2.05, 4.69) is 5.32 Å². The quantitative estimate of drug-likeness (QED) is 0.744. The molecule has 3 fully saturated rings. The van der Waals surface area contributed by atoms with Crippen LogP contribution in [-0.4, -0.2) is 38.5 Å². The van der Waals surface area contributed by atoms with Crippen LogP contribution in [0.5, 0.6) is 0 Å². The van der Waals surface area contributed by atoms with Gasteiger partial charge in [-0.1, -0.05) is 12.8 Å².